The van der Waals surface area contributed by atoms with Crippen LogP contribution in [0.1, 0.15) is 13.7 Å². The van der Waals surface area contributed by atoms with E-state index in [0.717, 1.165) is 41.5 Å². The third-order valence-corrected chi connectivity index (χ3v) is 4.24. The molecule has 0 atom stereocenters. The van der Waals surface area contributed by atoms with Gasteiger partial charge in [0.25, 0.3) is 0 Å². The fraction of sp³-hybridized carbons (Fsp3) is 0.294. The zero-order valence-electron chi connectivity index (χ0n) is 14.2. The van der Waals surface area contributed by atoms with Gasteiger partial charge in [-0.25, -0.2) is 0 Å². The second-order valence-corrected chi connectivity index (χ2v) is 5.82. The number of fused-ring (bicyclic) bond motifs is 1. The molecule has 4 rings (SSSR count). The summed E-state index contributed by atoms with van der Waals surface area (Å²) in [7, 11) is 4.14. The quantitative estimate of drug-likeness (QED) is 0.667. The average molecular weight is 331 g/mol. The van der Waals surface area contributed by atoms with Gasteiger partial charge >= 0.3 is 1.43 Å². The van der Waals surface area contributed by atoms with E-state index in [0.29, 0.717) is 11.8 Å². The molecule has 0 N–H and O–H groups in total. The number of aromatic nitrogens is 3. The smallest absolute Gasteiger partial charge is 1.00 e. The molecule has 0 unspecified atom stereocenters. The van der Waals surface area contributed by atoms with E-state index in [4.69, 9.17) is 4.42 Å². The van der Waals surface area contributed by atoms with E-state index in [1.54, 1.807) is 0 Å². The van der Waals surface area contributed by atoms with Crippen LogP contribution < -0.4 is 12.4 Å². The summed E-state index contributed by atoms with van der Waals surface area (Å²) >= 11 is 0. The van der Waals surface area contributed by atoms with E-state index in [9.17, 15) is 0 Å². The zero-order valence-corrected chi connectivity index (χ0v) is 13.9. The molecule has 0 amide bonds. The van der Waals surface area contributed by atoms with Gasteiger partial charge in [-0.2, -0.15) is 0 Å². The van der Waals surface area contributed by atoms with Crippen LogP contribution in [0.5, 0.6) is 0 Å². The predicted molar refractivity (Wildman–Crippen MR) is 87.4 cm³/mol. The predicted octanol–water partition coefficient (Wildman–Crippen LogP) is 0.0637. The molecule has 0 spiro atoms. The molecule has 0 bridgehead atoms. The molecule has 1 aliphatic heterocycles. The summed E-state index contributed by atoms with van der Waals surface area (Å²) in [6, 6.07) is 8.25. The van der Waals surface area contributed by atoms with Gasteiger partial charge in [-0.1, -0.05) is 24.3 Å². The Kier molecular flexibility index (Phi) is 4.24. The minimum atomic E-state index is 0. The molecule has 23 heavy (non-hydrogen) atoms. The normalized spacial score (nSPS) is 15.5. The monoisotopic (exact) mass is 330 g/mol. The first-order chi connectivity index (χ1) is 10.7. The van der Waals surface area contributed by atoms with Crippen molar-refractivity contribution in [2.75, 3.05) is 20.1 Å². The maximum atomic E-state index is 5.94. The van der Waals surface area contributed by atoms with Gasteiger partial charge in [0.1, 0.15) is 0 Å². The number of benzene rings is 1. The van der Waals surface area contributed by atoms with Crippen LogP contribution in [0, 0.1) is 0 Å². The lowest BCUT2D eigenvalue weighted by atomic mass is 10.1. The van der Waals surface area contributed by atoms with Crippen molar-refractivity contribution in [3.8, 4) is 11.5 Å². The van der Waals surface area contributed by atoms with Gasteiger partial charge in [-0.3, -0.25) is 0 Å². The van der Waals surface area contributed by atoms with Crippen LogP contribution >= 0.6 is 0 Å². The lowest BCUT2D eigenvalue weighted by Gasteiger charge is -2.19. The number of hydrogen-bond acceptors (Lipinski definition) is 4. The SMILES string of the molecule is CN1CC=C(c2nnc(-c3cn(C)c4ccccc34)o2)CC1.[Cl-].[H+]. The highest BCUT2D eigenvalue weighted by atomic mass is 35.5. The van der Waals surface area contributed by atoms with Gasteiger partial charge in [0.15, 0.2) is 0 Å². The molecular formula is C17H19ClN4O. The second kappa shape index (κ2) is 6.18. The molecule has 3 heterocycles. The summed E-state index contributed by atoms with van der Waals surface area (Å²) in [6.45, 7) is 1.96. The number of aryl methyl sites for hydroxylation is 1. The first-order valence-corrected chi connectivity index (χ1v) is 7.48. The van der Waals surface area contributed by atoms with Gasteiger partial charge in [0.2, 0.25) is 11.8 Å². The lowest BCUT2D eigenvalue weighted by Crippen LogP contribution is -3.00. The van der Waals surface area contributed by atoms with Crippen molar-refractivity contribution in [2.45, 2.75) is 6.42 Å². The number of rotatable bonds is 2. The molecule has 120 valence electrons. The van der Waals surface area contributed by atoms with Gasteiger partial charge < -0.3 is 26.3 Å². The molecule has 0 fully saturated rings. The van der Waals surface area contributed by atoms with E-state index in [1.807, 2.05) is 25.4 Å². The standard InChI is InChI=1S/C17H18N4O.ClH/c1-20-9-7-12(8-10-20)16-18-19-17(22-16)14-11-21(2)15-6-4-3-5-13(14)15;/h3-7,11H,8-10H2,1-2H3;1H. The Morgan fingerprint density at radius 3 is 2.70 bits per heavy atom. The highest BCUT2D eigenvalue weighted by molar-refractivity contribution is 5.93. The average Bonchev–Trinajstić information content (AvgIpc) is 3.14. The first kappa shape index (κ1) is 15.8. The highest BCUT2D eigenvalue weighted by Crippen LogP contribution is 2.31. The number of para-hydroxylation sites is 1. The molecular weight excluding hydrogens is 312 g/mol. The number of halogens is 1. The lowest BCUT2D eigenvalue weighted by molar-refractivity contribution is -0.00000510. The molecule has 0 radical (unpaired) electrons. The van der Waals surface area contributed by atoms with E-state index >= 15 is 0 Å². The van der Waals surface area contributed by atoms with Crippen LogP contribution in [0.15, 0.2) is 41.0 Å². The van der Waals surface area contributed by atoms with Crippen molar-refractivity contribution >= 4 is 16.5 Å². The molecule has 6 heteroatoms. The van der Waals surface area contributed by atoms with Crippen molar-refractivity contribution in [3.63, 3.8) is 0 Å². The Bertz CT molecular complexity index is 870. The molecule has 2 aromatic heterocycles. The van der Waals surface area contributed by atoms with E-state index in [2.05, 4.69) is 44.9 Å². The van der Waals surface area contributed by atoms with Crippen molar-refractivity contribution in [1.29, 1.82) is 0 Å². The molecule has 1 aromatic carbocycles. The Balaban J connectivity index is 0.00000104. The Morgan fingerprint density at radius 1 is 1.13 bits per heavy atom. The van der Waals surface area contributed by atoms with Gasteiger partial charge in [0.05, 0.1) is 5.56 Å². The fourth-order valence-electron chi connectivity index (χ4n) is 2.94. The summed E-state index contributed by atoms with van der Waals surface area (Å²) in [4.78, 5) is 2.27. The van der Waals surface area contributed by atoms with E-state index in [1.165, 1.54) is 0 Å². The number of nitrogens with zero attached hydrogens (tertiary/aromatic N) is 4. The van der Waals surface area contributed by atoms with E-state index < -0.39 is 0 Å². The summed E-state index contributed by atoms with van der Waals surface area (Å²) < 4.78 is 8.03. The third-order valence-electron chi connectivity index (χ3n) is 4.24. The van der Waals surface area contributed by atoms with Crippen molar-refractivity contribution < 1.29 is 18.3 Å². The fourth-order valence-corrected chi connectivity index (χ4v) is 2.94. The number of likely N-dealkylation sites (N-methyl/N-ethyl adjacent to an activating group) is 1. The van der Waals surface area contributed by atoms with Crippen LogP contribution in [-0.2, 0) is 7.05 Å². The summed E-state index contributed by atoms with van der Waals surface area (Å²) in [6.07, 6.45) is 5.17. The molecule has 0 saturated carbocycles. The molecule has 1 aliphatic rings. The van der Waals surface area contributed by atoms with Crippen LogP contribution in [0.4, 0.5) is 0 Å². The second-order valence-electron chi connectivity index (χ2n) is 5.82. The first-order valence-electron chi connectivity index (χ1n) is 7.48. The minimum Gasteiger partial charge on any atom is -1.00 e. The van der Waals surface area contributed by atoms with Gasteiger partial charge in [0, 0.05) is 42.8 Å². The van der Waals surface area contributed by atoms with Crippen LogP contribution in [-0.4, -0.2) is 39.8 Å². The Hall–Kier alpha value is -2.11. The molecule has 0 aliphatic carbocycles. The summed E-state index contributed by atoms with van der Waals surface area (Å²) in [5.41, 5.74) is 3.30. The maximum absolute atomic E-state index is 5.94. The van der Waals surface area contributed by atoms with Gasteiger partial charge in [-0.05, 0) is 19.5 Å². The molecule has 5 nitrogen and oxygen atoms in total. The van der Waals surface area contributed by atoms with Crippen LogP contribution in [0.2, 0.25) is 0 Å². The summed E-state index contributed by atoms with van der Waals surface area (Å²) in [5, 5.41) is 9.64. The third kappa shape index (κ3) is 2.78. The van der Waals surface area contributed by atoms with Crippen molar-refractivity contribution in [2.24, 2.45) is 7.05 Å². The largest absolute Gasteiger partial charge is 1.00 e. The maximum Gasteiger partial charge on any atom is 1.00 e. The minimum absolute atomic E-state index is 0. The Morgan fingerprint density at radius 2 is 1.91 bits per heavy atom. The van der Waals surface area contributed by atoms with Crippen LogP contribution in [0.25, 0.3) is 27.9 Å². The van der Waals surface area contributed by atoms with Crippen molar-refractivity contribution in [1.82, 2.24) is 19.7 Å². The molecule has 3 aromatic rings. The Labute approximate surface area is 142 Å². The summed E-state index contributed by atoms with van der Waals surface area (Å²) in [5.74, 6) is 1.24. The van der Waals surface area contributed by atoms with Crippen molar-refractivity contribution in [3.05, 3.63) is 42.4 Å². The number of hydrogen-bond donors (Lipinski definition) is 0. The zero-order chi connectivity index (χ0) is 15.1. The molecule has 0 saturated heterocycles. The topological polar surface area (TPSA) is 47.1 Å². The van der Waals surface area contributed by atoms with Crippen LogP contribution in [0.3, 0.4) is 0 Å². The highest BCUT2D eigenvalue weighted by Gasteiger charge is 2.18. The van der Waals surface area contributed by atoms with E-state index in [-0.39, 0.29) is 13.8 Å². The van der Waals surface area contributed by atoms with Gasteiger partial charge in [-0.15, -0.1) is 10.2 Å².